The summed E-state index contributed by atoms with van der Waals surface area (Å²) in [6.45, 7) is 6.63. The Balaban J connectivity index is 2.74. The van der Waals surface area contributed by atoms with E-state index in [1.54, 1.807) is 0 Å². The van der Waals surface area contributed by atoms with E-state index in [-0.39, 0.29) is 5.91 Å². The van der Waals surface area contributed by atoms with E-state index in [2.05, 4.69) is 21.2 Å². The number of hydrogen-bond donors (Lipinski definition) is 1. The van der Waals surface area contributed by atoms with Gasteiger partial charge in [0, 0.05) is 16.9 Å². The molecule has 1 unspecified atom stereocenters. The maximum atomic E-state index is 11.7. The van der Waals surface area contributed by atoms with Gasteiger partial charge in [0.1, 0.15) is 0 Å². The van der Waals surface area contributed by atoms with E-state index < -0.39 is 0 Å². The van der Waals surface area contributed by atoms with Gasteiger partial charge >= 0.3 is 0 Å². The molecule has 0 fully saturated rings. The zero-order valence-corrected chi connectivity index (χ0v) is 10.9. The molecule has 0 bridgehead atoms. The second kappa shape index (κ2) is 5.31. The minimum atomic E-state index is -0.00111. The van der Waals surface area contributed by atoms with Crippen molar-refractivity contribution in [2.75, 3.05) is 6.54 Å². The minimum absolute atomic E-state index is 0.00111. The van der Waals surface area contributed by atoms with E-state index in [0.717, 1.165) is 11.1 Å². The number of aryl methyl sites for hydroxylation is 2. The Hall–Kier alpha value is -0.830. The number of benzene rings is 1. The smallest absolute Gasteiger partial charge is 0.251 e. The van der Waals surface area contributed by atoms with Gasteiger partial charge in [-0.05, 0) is 25.5 Å². The molecule has 82 valence electrons. The molecule has 1 amide bonds. The fourth-order valence-corrected chi connectivity index (χ4v) is 1.56. The number of amides is 1. The average Bonchev–Trinajstić information content (AvgIpc) is 2.14. The van der Waals surface area contributed by atoms with Crippen LogP contribution in [0.4, 0.5) is 0 Å². The van der Waals surface area contributed by atoms with E-state index in [4.69, 9.17) is 0 Å². The van der Waals surface area contributed by atoms with Gasteiger partial charge in [-0.15, -0.1) is 0 Å². The lowest BCUT2D eigenvalue weighted by Crippen LogP contribution is -2.28. The van der Waals surface area contributed by atoms with Gasteiger partial charge in [-0.25, -0.2) is 0 Å². The summed E-state index contributed by atoms with van der Waals surface area (Å²) in [5.74, 6) is -0.00111. The van der Waals surface area contributed by atoms with Crippen LogP contribution >= 0.6 is 15.9 Å². The predicted octanol–water partition coefficient (Wildman–Crippen LogP) is 2.82. The molecular weight excluding hydrogens is 254 g/mol. The van der Waals surface area contributed by atoms with Crippen molar-refractivity contribution in [1.29, 1.82) is 0 Å². The average molecular weight is 270 g/mol. The first kappa shape index (κ1) is 12.2. The standard InChI is InChI=1S/C12H16BrNO/c1-8-4-5-11(9(2)6-8)12(15)14-7-10(3)13/h4-6,10H,7H2,1-3H3,(H,14,15). The molecule has 0 saturated carbocycles. The highest BCUT2D eigenvalue weighted by Crippen LogP contribution is 2.10. The van der Waals surface area contributed by atoms with Crippen LogP contribution < -0.4 is 5.32 Å². The number of rotatable bonds is 3. The SMILES string of the molecule is Cc1ccc(C(=O)NCC(C)Br)c(C)c1. The molecule has 1 atom stereocenters. The van der Waals surface area contributed by atoms with Crippen LogP contribution in [0.2, 0.25) is 0 Å². The number of nitrogens with one attached hydrogen (secondary N) is 1. The third-order valence-corrected chi connectivity index (χ3v) is 2.49. The van der Waals surface area contributed by atoms with Crippen LogP contribution in [0.3, 0.4) is 0 Å². The molecule has 0 spiro atoms. The largest absolute Gasteiger partial charge is 0.351 e. The van der Waals surface area contributed by atoms with Gasteiger partial charge in [0.05, 0.1) is 0 Å². The Morgan fingerprint density at radius 3 is 2.67 bits per heavy atom. The molecule has 1 rings (SSSR count). The zero-order valence-electron chi connectivity index (χ0n) is 9.30. The van der Waals surface area contributed by atoms with Gasteiger partial charge in [-0.1, -0.05) is 40.5 Å². The molecule has 0 aromatic heterocycles. The third-order valence-electron chi connectivity index (χ3n) is 2.17. The predicted molar refractivity (Wildman–Crippen MR) is 66.6 cm³/mol. The molecule has 3 heteroatoms. The first-order chi connectivity index (χ1) is 7.00. The lowest BCUT2D eigenvalue weighted by molar-refractivity contribution is 0.0953. The summed E-state index contributed by atoms with van der Waals surface area (Å²) in [6.07, 6.45) is 0. The van der Waals surface area contributed by atoms with E-state index in [9.17, 15) is 4.79 Å². The molecule has 15 heavy (non-hydrogen) atoms. The van der Waals surface area contributed by atoms with Crippen molar-refractivity contribution in [2.24, 2.45) is 0 Å². The lowest BCUT2D eigenvalue weighted by atomic mass is 10.1. The molecule has 0 saturated heterocycles. The van der Waals surface area contributed by atoms with E-state index >= 15 is 0 Å². The van der Waals surface area contributed by atoms with Crippen molar-refractivity contribution in [3.63, 3.8) is 0 Å². The van der Waals surface area contributed by atoms with Crippen LogP contribution in [0.25, 0.3) is 0 Å². The van der Waals surface area contributed by atoms with Crippen molar-refractivity contribution < 1.29 is 4.79 Å². The third kappa shape index (κ3) is 3.67. The van der Waals surface area contributed by atoms with Crippen LogP contribution in [-0.4, -0.2) is 17.3 Å². The highest BCUT2D eigenvalue weighted by Gasteiger charge is 2.08. The van der Waals surface area contributed by atoms with Gasteiger partial charge in [0.2, 0.25) is 0 Å². The van der Waals surface area contributed by atoms with Crippen LogP contribution in [0.1, 0.15) is 28.4 Å². The minimum Gasteiger partial charge on any atom is -0.351 e. The molecule has 0 aliphatic heterocycles. The maximum absolute atomic E-state index is 11.7. The van der Waals surface area contributed by atoms with E-state index in [1.165, 1.54) is 5.56 Å². The normalized spacial score (nSPS) is 12.3. The first-order valence-corrected chi connectivity index (χ1v) is 5.92. The fraction of sp³-hybridized carbons (Fsp3) is 0.417. The van der Waals surface area contributed by atoms with Gasteiger partial charge in [-0.3, -0.25) is 4.79 Å². The zero-order chi connectivity index (χ0) is 11.4. The van der Waals surface area contributed by atoms with Gasteiger partial charge in [-0.2, -0.15) is 0 Å². The number of halogens is 1. The van der Waals surface area contributed by atoms with Gasteiger partial charge in [0.15, 0.2) is 0 Å². The summed E-state index contributed by atoms with van der Waals surface area (Å²) < 4.78 is 0. The van der Waals surface area contributed by atoms with Crippen LogP contribution in [0, 0.1) is 13.8 Å². The summed E-state index contributed by atoms with van der Waals surface area (Å²) in [5.41, 5.74) is 2.96. The lowest BCUT2D eigenvalue weighted by Gasteiger charge is -2.09. The Kier molecular flexibility index (Phi) is 4.33. The van der Waals surface area contributed by atoms with Gasteiger partial charge < -0.3 is 5.32 Å². The fourth-order valence-electron chi connectivity index (χ4n) is 1.40. The molecule has 1 N–H and O–H groups in total. The van der Waals surface area contributed by atoms with Crippen molar-refractivity contribution in [3.8, 4) is 0 Å². The maximum Gasteiger partial charge on any atom is 0.251 e. The van der Waals surface area contributed by atoms with Crippen molar-refractivity contribution in [1.82, 2.24) is 5.32 Å². The highest BCUT2D eigenvalue weighted by molar-refractivity contribution is 9.09. The molecule has 2 nitrogen and oxygen atoms in total. The molecule has 0 radical (unpaired) electrons. The van der Waals surface area contributed by atoms with E-state index in [1.807, 2.05) is 39.0 Å². The molecular formula is C12H16BrNO. The summed E-state index contributed by atoms with van der Waals surface area (Å²) in [5, 5.41) is 2.87. The Morgan fingerprint density at radius 2 is 2.13 bits per heavy atom. The van der Waals surface area contributed by atoms with Crippen LogP contribution in [0.15, 0.2) is 18.2 Å². The second-order valence-corrected chi connectivity index (χ2v) is 5.37. The first-order valence-electron chi connectivity index (χ1n) is 5.00. The van der Waals surface area contributed by atoms with Crippen molar-refractivity contribution in [3.05, 3.63) is 34.9 Å². The second-order valence-electron chi connectivity index (χ2n) is 3.81. The van der Waals surface area contributed by atoms with Crippen LogP contribution in [-0.2, 0) is 0 Å². The molecule has 0 heterocycles. The quantitative estimate of drug-likeness (QED) is 0.841. The summed E-state index contributed by atoms with van der Waals surface area (Å²) >= 11 is 3.39. The van der Waals surface area contributed by atoms with E-state index in [0.29, 0.717) is 11.4 Å². The Morgan fingerprint density at radius 1 is 1.47 bits per heavy atom. The summed E-state index contributed by atoms with van der Waals surface area (Å²) in [4.78, 5) is 12.0. The monoisotopic (exact) mass is 269 g/mol. The highest BCUT2D eigenvalue weighted by atomic mass is 79.9. The molecule has 0 aliphatic carbocycles. The van der Waals surface area contributed by atoms with Crippen molar-refractivity contribution in [2.45, 2.75) is 25.6 Å². The van der Waals surface area contributed by atoms with Crippen LogP contribution in [0.5, 0.6) is 0 Å². The number of alkyl halides is 1. The molecule has 1 aromatic rings. The number of carbonyl (C=O) groups excluding carboxylic acids is 1. The Labute approximate surface area is 99.2 Å². The summed E-state index contributed by atoms with van der Waals surface area (Å²) in [6, 6.07) is 5.85. The number of hydrogen-bond acceptors (Lipinski definition) is 1. The number of carbonyl (C=O) groups is 1. The topological polar surface area (TPSA) is 29.1 Å². The summed E-state index contributed by atoms with van der Waals surface area (Å²) in [7, 11) is 0. The van der Waals surface area contributed by atoms with Crippen molar-refractivity contribution >= 4 is 21.8 Å². The molecule has 1 aromatic carbocycles. The molecule has 0 aliphatic rings. The Bertz CT molecular complexity index is 361. The van der Waals surface area contributed by atoms with Gasteiger partial charge in [0.25, 0.3) is 5.91 Å².